The van der Waals surface area contributed by atoms with Gasteiger partial charge >= 0.3 is 0 Å². The first-order valence-corrected chi connectivity index (χ1v) is 5.37. The molecule has 0 aliphatic rings. The van der Waals surface area contributed by atoms with Crippen molar-refractivity contribution in [1.82, 2.24) is 5.32 Å². The minimum absolute atomic E-state index is 0.0398. The Hall–Kier alpha value is -1.35. The van der Waals surface area contributed by atoms with Gasteiger partial charge in [-0.05, 0) is 51.5 Å². The van der Waals surface area contributed by atoms with Crippen LogP contribution < -0.4 is 5.32 Å². The first-order chi connectivity index (χ1) is 7.29. The Balaban J connectivity index is 2.70. The van der Waals surface area contributed by atoms with Gasteiger partial charge in [-0.3, -0.25) is 4.79 Å². The summed E-state index contributed by atoms with van der Waals surface area (Å²) >= 11 is 0. The Bertz CT molecular complexity index is 391. The maximum Gasteiger partial charge on any atom is 0.176 e. The number of hydrogen-bond acceptors (Lipinski definition) is 3. The van der Waals surface area contributed by atoms with Crippen LogP contribution in [-0.2, 0) is 0 Å². The molecule has 88 valence electrons. The van der Waals surface area contributed by atoms with E-state index in [1.165, 1.54) is 0 Å². The van der Waals surface area contributed by atoms with Crippen LogP contribution in [0.5, 0.6) is 5.75 Å². The van der Waals surface area contributed by atoms with Gasteiger partial charge in [0.2, 0.25) is 0 Å². The Morgan fingerprint density at radius 2 is 2.00 bits per heavy atom. The number of phenols is 1. The van der Waals surface area contributed by atoms with Crippen molar-refractivity contribution < 1.29 is 9.90 Å². The number of hydrogen-bond donors (Lipinski definition) is 2. The molecule has 0 unspecified atom stereocenters. The summed E-state index contributed by atoms with van der Waals surface area (Å²) in [5.74, 6) is 0.262. The van der Waals surface area contributed by atoms with Crippen molar-refractivity contribution in [3.8, 4) is 5.75 Å². The van der Waals surface area contributed by atoms with Gasteiger partial charge in [0, 0.05) is 11.1 Å². The third-order valence-corrected chi connectivity index (χ3v) is 2.30. The zero-order valence-corrected chi connectivity index (χ0v) is 10.3. The number of phenolic OH excluding ortho intramolecular Hbond substituents is 1. The van der Waals surface area contributed by atoms with E-state index in [0.29, 0.717) is 12.1 Å². The number of benzene rings is 1. The van der Waals surface area contributed by atoms with Crippen LogP contribution in [0.25, 0.3) is 0 Å². The number of nitrogens with one attached hydrogen (secondary N) is 1. The van der Waals surface area contributed by atoms with Crippen LogP contribution in [0, 0.1) is 6.92 Å². The smallest absolute Gasteiger partial charge is 0.176 e. The molecule has 1 aromatic carbocycles. The monoisotopic (exact) mass is 221 g/mol. The van der Waals surface area contributed by atoms with Crippen molar-refractivity contribution in [3.63, 3.8) is 0 Å². The summed E-state index contributed by atoms with van der Waals surface area (Å²) in [6.07, 6.45) is 0. The summed E-state index contributed by atoms with van der Waals surface area (Å²) in [6, 6.07) is 4.91. The van der Waals surface area contributed by atoms with Gasteiger partial charge in [0.05, 0.1) is 6.54 Å². The fourth-order valence-corrected chi connectivity index (χ4v) is 1.28. The van der Waals surface area contributed by atoms with Gasteiger partial charge < -0.3 is 10.4 Å². The van der Waals surface area contributed by atoms with E-state index in [-0.39, 0.29) is 17.1 Å². The number of rotatable bonds is 3. The third-order valence-electron chi connectivity index (χ3n) is 2.30. The molecule has 1 rings (SSSR count). The topological polar surface area (TPSA) is 49.3 Å². The molecule has 0 heterocycles. The van der Waals surface area contributed by atoms with Gasteiger partial charge in [0.25, 0.3) is 0 Å². The number of Topliss-reactive ketones (excluding diaryl/α,β-unsaturated/α-hetero) is 1. The van der Waals surface area contributed by atoms with Gasteiger partial charge in [-0.25, -0.2) is 0 Å². The molecule has 2 N–H and O–H groups in total. The van der Waals surface area contributed by atoms with E-state index in [2.05, 4.69) is 5.32 Å². The first kappa shape index (κ1) is 12.7. The zero-order valence-electron chi connectivity index (χ0n) is 10.3. The molecule has 0 radical (unpaired) electrons. The molecular formula is C13H19NO2. The van der Waals surface area contributed by atoms with E-state index in [9.17, 15) is 9.90 Å². The number of carbonyl (C=O) groups excluding carboxylic acids is 1. The lowest BCUT2D eigenvalue weighted by molar-refractivity contribution is 0.0982. The van der Waals surface area contributed by atoms with Crippen LogP contribution in [-0.4, -0.2) is 23.0 Å². The molecule has 0 aliphatic carbocycles. The van der Waals surface area contributed by atoms with Crippen LogP contribution in [0.4, 0.5) is 0 Å². The van der Waals surface area contributed by atoms with Crippen molar-refractivity contribution in [3.05, 3.63) is 29.3 Å². The summed E-state index contributed by atoms with van der Waals surface area (Å²) in [5, 5.41) is 12.5. The van der Waals surface area contributed by atoms with Gasteiger partial charge in [-0.1, -0.05) is 0 Å². The fourth-order valence-electron chi connectivity index (χ4n) is 1.28. The average molecular weight is 221 g/mol. The molecule has 3 nitrogen and oxygen atoms in total. The molecule has 0 bridgehead atoms. The average Bonchev–Trinajstić information content (AvgIpc) is 2.17. The van der Waals surface area contributed by atoms with E-state index in [1.807, 2.05) is 20.8 Å². The van der Waals surface area contributed by atoms with E-state index in [0.717, 1.165) is 5.56 Å². The maximum atomic E-state index is 11.8. The highest BCUT2D eigenvalue weighted by molar-refractivity contribution is 5.98. The SMILES string of the molecule is Cc1cc(C(=O)CNC(C)(C)C)ccc1O. The standard InChI is InChI=1S/C13H19NO2/c1-9-7-10(5-6-11(9)15)12(16)8-14-13(2,3)4/h5-7,14-15H,8H2,1-4H3. The molecular weight excluding hydrogens is 202 g/mol. The molecule has 16 heavy (non-hydrogen) atoms. The van der Waals surface area contributed by atoms with E-state index in [1.54, 1.807) is 25.1 Å². The van der Waals surface area contributed by atoms with Crippen molar-refractivity contribution >= 4 is 5.78 Å². The van der Waals surface area contributed by atoms with Crippen LogP contribution in [0.15, 0.2) is 18.2 Å². The minimum atomic E-state index is -0.0678. The molecule has 0 amide bonds. The van der Waals surface area contributed by atoms with Crippen LogP contribution >= 0.6 is 0 Å². The normalized spacial score (nSPS) is 11.5. The number of ketones is 1. The maximum absolute atomic E-state index is 11.8. The second-order valence-electron chi connectivity index (χ2n) is 5.03. The molecule has 0 saturated carbocycles. The quantitative estimate of drug-likeness (QED) is 0.770. The number of carbonyl (C=O) groups is 1. The van der Waals surface area contributed by atoms with Crippen LogP contribution in [0.3, 0.4) is 0 Å². The summed E-state index contributed by atoms with van der Waals surface area (Å²) < 4.78 is 0. The van der Waals surface area contributed by atoms with Crippen molar-refractivity contribution in [1.29, 1.82) is 0 Å². The van der Waals surface area contributed by atoms with Crippen molar-refractivity contribution in [2.45, 2.75) is 33.2 Å². The van der Waals surface area contributed by atoms with Gasteiger partial charge in [-0.2, -0.15) is 0 Å². The molecule has 1 aromatic rings. The summed E-state index contributed by atoms with van der Waals surface area (Å²) in [4.78, 5) is 11.8. The molecule has 3 heteroatoms. The second kappa shape index (κ2) is 4.66. The van der Waals surface area contributed by atoms with Crippen molar-refractivity contribution in [2.75, 3.05) is 6.54 Å². The van der Waals surface area contributed by atoms with E-state index >= 15 is 0 Å². The Morgan fingerprint density at radius 3 is 2.50 bits per heavy atom. The molecule has 0 saturated heterocycles. The Morgan fingerprint density at radius 1 is 1.38 bits per heavy atom. The fraction of sp³-hybridized carbons (Fsp3) is 0.462. The largest absolute Gasteiger partial charge is 0.508 e. The Labute approximate surface area is 96.5 Å². The van der Waals surface area contributed by atoms with Crippen LogP contribution in [0.1, 0.15) is 36.7 Å². The molecule has 0 spiro atoms. The van der Waals surface area contributed by atoms with E-state index in [4.69, 9.17) is 0 Å². The number of aromatic hydroxyl groups is 1. The first-order valence-electron chi connectivity index (χ1n) is 5.37. The molecule has 0 fully saturated rings. The minimum Gasteiger partial charge on any atom is -0.508 e. The summed E-state index contributed by atoms with van der Waals surface area (Å²) in [5.41, 5.74) is 1.29. The van der Waals surface area contributed by atoms with Crippen molar-refractivity contribution in [2.24, 2.45) is 0 Å². The lowest BCUT2D eigenvalue weighted by atomic mass is 10.1. The lowest BCUT2D eigenvalue weighted by Crippen LogP contribution is -2.39. The number of aryl methyl sites for hydroxylation is 1. The second-order valence-corrected chi connectivity index (χ2v) is 5.03. The Kier molecular flexibility index (Phi) is 3.70. The molecule has 0 aromatic heterocycles. The lowest BCUT2D eigenvalue weighted by Gasteiger charge is -2.19. The van der Waals surface area contributed by atoms with Crippen LogP contribution in [0.2, 0.25) is 0 Å². The van der Waals surface area contributed by atoms with Gasteiger partial charge in [0.15, 0.2) is 5.78 Å². The molecule has 0 aliphatic heterocycles. The zero-order chi connectivity index (χ0) is 12.3. The van der Waals surface area contributed by atoms with Gasteiger partial charge in [-0.15, -0.1) is 0 Å². The van der Waals surface area contributed by atoms with E-state index < -0.39 is 0 Å². The highest BCUT2D eigenvalue weighted by Gasteiger charge is 2.13. The van der Waals surface area contributed by atoms with Gasteiger partial charge in [0.1, 0.15) is 5.75 Å². The summed E-state index contributed by atoms with van der Waals surface area (Å²) in [7, 11) is 0. The summed E-state index contributed by atoms with van der Waals surface area (Å²) in [6.45, 7) is 8.14. The molecule has 0 atom stereocenters. The third kappa shape index (κ3) is 3.66. The predicted molar refractivity (Wildman–Crippen MR) is 64.9 cm³/mol. The highest BCUT2D eigenvalue weighted by atomic mass is 16.3. The highest BCUT2D eigenvalue weighted by Crippen LogP contribution is 2.17. The predicted octanol–water partition coefficient (Wildman–Crippen LogP) is 2.27.